The van der Waals surface area contributed by atoms with Crippen LogP contribution in [0.1, 0.15) is 15.9 Å². The van der Waals surface area contributed by atoms with Crippen LogP contribution in [0.3, 0.4) is 0 Å². The number of hydrogen-bond donors (Lipinski definition) is 1. The Morgan fingerprint density at radius 1 is 1.19 bits per heavy atom. The lowest BCUT2D eigenvalue weighted by atomic mass is 10.1. The average molecular weight is 291 g/mol. The number of rotatable bonds is 3. The zero-order valence-corrected chi connectivity index (χ0v) is 12.5. The minimum absolute atomic E-state index is 0.106. The summed E-state index contributed by atoms with van der Waals surface area (Å²) < 4.78 is 5.33. The number of carbonyl (C=O) groups is 2. The van der Waals surface area contributed by atoms with Crippen LogP contribution in [-0.2, 0) is 11.3 Å². The number of carbonyl (C=O) groups excluding carboxylic acids is 2. The van der Waals surface area contributed by atoms with Gasteiger partial charge in [-0.1, -0.05) is 18.2 Å². The molecule has 6 heteroatoms. The molecular weight excluding hydrogens is 270 g/mol. The molecule has 0 atom stereocenters. The van der Waals surface area contributed by atoms with Crippen LogP contribution in [0, 0.1) is 0 Å². The minimum Gasteiger partial charge on any atom is -0.445 e. The van der Waals surface area contributed by atoms with Gasteiger partial charge in [0.05, 0.1) is 0 Å². The van der Waals surface area contributed by atoms with Gasteiger partial charge in [0.15, 0.2) is 0 Å². The Hall–Kier alpha value is -2.08. The van der Waals surface area contributed by atoms with Gasteiger partial charge in [0.25, 0.3) is 5.91 Å². The minimum atomic E-state index is -0.324. The predicted octanol–water partition coefficient (Wildman–Crippen LogP) is 0.930. The molecule has 1 aliphatic heterocycles. The topological polar surface area (TPSA) is 61.9 Å². The van der Waals surface area contributed by atoms with Crippen LogP contribution in [0.4, 0.5) is 4.79 Å². The van der Waals surface area contributed by atoms with Crippen LogP contribution < -0.4 is 5.32 Å². The molecule has 0 unspecified atom stereocenters. The van der Waals surface area contributed by atoms with Gasteiger partial charge in [0.1, 0.15) is 6.61 Å². The van der Waals surface area contributed by atoms with Gasteiger partial charge in [0.2, 0.25) is 0 Å². The summed E-state index contributed by atoms with van der Waals surface area (Å²) in [5, 5.41) is 2.58. The standard InChI is InChI=1S/C15H21N3O3/c1-16-14(19)13-6-4-3-5-12(13)11-21-15(20)18-9-7-17(2)8-10-18/h3-6H,7-11H2,1-2H3,(H,16,19). The summed E-state index contributed by atoms with van der Waals surface area (Å²) >= 11 is 0. The summed E-state index contributed by atoms with van der Waals surface area (Å²) in [6.45, 7) is 3.15. The fraction of sp³-hybridized carbons (Fsp3) is 0.467. The number of likely N-dealkylation sites (N-methyl/N-ethyl adjacent to an activating group) is 1. The van der Waals surface area contributed by atoms with E-state index in [0.29, 0.717) is 24.2 Å². The average Bonchev–Trinajstić information content (AvgIpc) is 2.52. The first-order chi connectivity index (χ1) is 10.1. The monoisotopic (exact) mass is 291 g/mol. The smallest absolute Gasteiger partial charge is 0.410 e. The van der Waals surface area contributed by atoms with Crippen molar-refractivity contribution in [1.82, 2.24) is 15.1 Å². The number of benzene rings is 1. The molecule has 1 aromatic rings. The third-order valence-electron chi connectivity index (χ3n) is 3.60. The summed E-state index contributed by atoms with van der Waals surface area (Å²) in [7, 11) is 3.61. The Morgan fingerprint density at radius 3 is 2.52 bits per heavy atom. The second-order valence-electron chi connectivity index (χ2n) is 5.08. The van der Waals surface area contributed by atoms with E-state index in [1.165, 1.54) is 0 Å². The zero-order valence-electron chi connectivity index (χ0n) is 12.5. The van der Waals surface area contributed by atoms with E-state index >= 15 is 0 Å². The van der Waals surface area contributed by atoms with Crippen LogP contribution >= 0.6 is 0 Å². The molecule has 1 aromatic carbocycles. The molecule has 114 valence electrons. The van der Waals surface area contributed by atoms with Crippen molar-refractivity contribution in [2.45, 2.75) is 6.61 Å². The van der Waals surface area contributed by atoms with Gasteiger partial charge in [0, 0.05) is 44.4 Å². The second kappa shape index (κ2) is 7.08. The number of hydrogen-bond acceptors (Lipinski definition) is 4. The van der Waals surface area contributed by atoms with Crippen molar-refractivity contribution < 1.29 is 14.3 Å². The first-order valence-corrected chi connectivity index (χ1v) is 7.02. The summed E-state index contributed by atoms with van der Waals surface area (Å²) in [5.41, 5.74) is 1.24. The van der Waals surface area contributed by atoms with Crippen molar-refractivity contribution >= 4 is 12.0 Å². The molecule has 0 radical (unpaired) electrons. The highest BCUT2D eigenvalue weighted by molar-refractivity contribution is 5.95. The van der Waals surface area contributed by atoms with Crippen LogP contribution in [-0.4, -0.2) is 62.1 Å². The molecule has 0 spiro atoms. The van der Waals surface area contributed by atoms with E-state index in [1.807, 2.05) is 13.1 Å². The van der Waals surface area contributed by atoms with E-state index in [2.05, 4.69) is 10.2 Å². The molecule has 2 rings (SSSR count). The van der Waals surface area contributed by atoms with E-state index < -0.39 is 0 Å². The van der Waals surface area contributed by atoms with Gasteiger partial charge in [-0.3, -0.25) is 4.79 Å². The molecule has 1 fully saturated rings. The van der Waals surface area contributed by atoms with Crippen molar-refractivity contribution in [3.63, 3.8) is 0 Å². The van der Waals surface area contributed by atoms with Gasteiger partial charge in [-0.25, -0.2) is 4.79 Å². The number of nitrogens with zero attached hydrogens (tertiary/aromatic N) is 2. The molecule has 0 saturated carbocycles. The first kappa shape index (κ1) is 15.3. The fourth-order valence-electron chi connectivity index (χ4n) is 2.22. The first-order valence-electron chi connectivity index (χ1n) is 7.02. The van der Waals surface area contributed by atoms with Crippen LogP contribution in [0.15, 0.2) is 24.3 Å². The van der Waals surface area contributed by atoms with E-state index in [1.54, 1.807) is 30.1 Å². The molecule has 21 heavy (non-hydrogen) atoms. The second-order valence-corrected chi connectivity index (χ2v) is 5.08. The van der Waals surface area contributed by atoms with E-state index in [-0.39, 0.29) is 18.6 Å². The Balaban J connectivity index is 1.94. The quantitative estimate of drug-likeness (QED) is 0.900. The van der Waals surface area contributed by atoms with Crippen molar-refractivity contribution in [2.75, 3.05) is 40.3 Å². The Bertz CT molecular complexity index is 511. The Kier molecular flexibility index (Phi) is 5.16. The molecule has 1 heterocycles. The molecule has 1 saturated heterocycles. The van der Waals surface area contributed by atoms with Gasteiger partial charge in [-0.15, -0.1) is 0 Å². The molecular formula is C15H21N3O3. The molecule has 6 nitrogen and oxygen atoms in total. The molecule has 1 aliphatic rings. The lowest BCUT2D eigenvalue weighted by molar-refractivity contribution is 0.0760. The van der Waals surface area contributed by atoms with Crippen molar-refractivity contribution in [1.29, 1.82) is 0 Å². The summed E-state index contributed by atoms with van der Waals surface area (Å²) in [6, 6.07) is 7.13. The maximum atomic E-state index is 12.0. The van der Waals surface area contributed by atoms with E-state index in [9.17, 15) is 9.59 Å². The molecule has 1 N–H and O–H groups in total. The van der Waals surface area contributed by atoms with Crippen LogP contribution in [0.5, 0.6) is 0 Å². The van der Waals surface area contributed by atoms with Gasteiger partial charge in [-0.05, 0) is 13.1 Å². The lowest BCUT2D eigenvalue weighted by Gasteiger charge is -2.31. The van der Waals surface area contributed by atoms with E-state index in [4.69, 9.17) is 4.74 Å². The summed E-state index contributed by atoms with van der Waals surface area (Å²) in [4.78, 5) is 27.6. The van der Waals surface area contributed by atoms with Crippen LogP contribution in [0.25, 0.3) is 0 Å². The highest BCUT2D eigenvalue weighted by Gasteiger charge is 2.20. The highest BCUT2D eigenvalue weighted by atomic mass is 16.6. The normalized spacial score (nSPS) is 15.6. The Labute approximate surface area is 124 Å². The van der Waals surface area contributed by atoms with Gasteiger partial charge < -0.3 is 19.9 Å². The van der Waals surface area contributed by atoms with Crippen molar-refractivity contribution in [2.24, 2.45) is 0 Å². The number of nitrogens with one attached hydrogen (secondary N) is 1. The van der Waals surface area contributed by atoms with Crippen molar-refractivity contribution in [3.8, 4) is 0 Å². The third-order valence-corrected chi connectivity index (χ3v) is 3.60. The number of amides is 2. The molecule has 2 amide bonds. The van der Waals surface area contributed by atoms with Gasteiger partial charge in [-0.2, -0.15) is 0 Å². The number of piperazine rings is 1. The third kappa shape index (κ3) is 3.95. The van der Waals surface area contributed by atoms with Crippen molar-refractivity contribution in [3.05, 3.63) is 35.4 Å². The number of ether oxygens (including phenoxy) is 1. The molecule has 0 bridgehead atoms. The largest absolute Gasteiger partial charge is 0.445 e. The van der Waals surface area contributed by atoms with E-state index in [0.717, 1.165) is 13.1 Å². The SMILES string of the molecule is CNC(=O)c1ccccc1COC(=O)N1CCN(C)CC1. The maximum absolute atomic E-state index is 12.0. The van der Waals surface area contributed by atoms with Gasteiger partial charge >= 0.3 is 6.09 Å². The molecule has 0 aromatic heterocycles. The Morgan fingerprint density at radius 2 is 1.86 bits per heavy atom. The molecule has 0 aliphatic carbocycles. The fourth-order valence-corrected chi connectivity index (χ4v) is 2.22. The summed E-state index contributed by atoms with van der Waals surface area (Å²) in [5.74, 6) is -0.179. The lowest BCUT2D eigenvalue weighted by Crippen LogP contribution is -2.47. The summed E-state index contributed by atoms with van der Waals surface area (Å²) in [6.07, 6.45) is -0.324. The zero-order chi connectivity index (χ0) is 15.2. The van der Waals surface area contributed by atoms with Crippen LogP contribution in [0.2, 0.25) is 0 Å². The highest BCUT2D eigenvalue weighted by Crippen LogP contribution is 2.11. The predicted molar refractivity (Wildman–Crippen MR) is 79.1 cm³/mol. The maximum Gasteiger partial charge on any atom is 0.410 e.